The average Bonchev–Trinajstić information content (AvgIpc) is 2.25. The van der Waals surface area contributed by atoms with Gasteiger partial charge in [0.25, 0.3) is 5.91 Å². The second-order valence-corrected chi connectivity index (χ2v) is 3.52. The van der Waals surface area contributed by atoms with Crippen molar-refractivity contribution in [2.45, 2.75) is 13.0 Å². The number of halogens is 1. The number of aliphatic hydroxyl groups excluding tert-OH is 1. The molecule has 0 aliphatic rings. The van der Waals surface area contributed by atoms with E-state index in [-0.39, 0.29) is 5.56 Å². The third-order valence-corrected chi connectivity index (χ3v) is 2.17. The van der Waals surface area contributed by atoms with Crippen LogP contribution in [0.25, 0.3) is 0 Å². The summed E-state index contributed by atoms with van der Waals surface area (Å²) in [6, 6.07) is 3.63. The van der Waals surface area contributed by atoms with Gasteiger partial charge in [-0.3, -0.25) is 4.79 Å². The van der Waals surface area contributed by atoms with Gasteiger partial charge in [0.05, 0.1) is 6.54 Å². The SMILES string of the molecule is Cc1cc(F)ccc1C(=O)NC[C@H](O)C(=O)O. The Kier molecular flexibility index (Phi) is 4.17. The predicted octanol–water partition coefficient (Wildman–Crippen LogP) is 0.309. The average molecular weight is 241 g/mol. The minimum atomic E-state index is -1.65. The number of carboxylic acid groups (broad SMARTS) is 1. The van der Waals surface area contributed by atoms with Crippen LogP contribution in [0.1, 0.15) is 15.9 Å². The Hall–Kier alpha value is -1.95. The van der Waals surface area contributed by atoms with Gasteiger partial charge in [0.1, 0.15) is 5.82 Å². The first-order valence-corrected chi connectivity index (χ1v) is 4.87. The summed E-state index contributed by atoms with van der Waals surface area (Å²) in [7, 11) is 0. The highest BCUT2D eigenvalue weighted by Crippen LogP contribution is 2.09. The van der Waals surface area contributed by atoms with E-state index in [0.717, 1.165) is 6.07 Å². The molecule has 0 aliphatic carbocycles. The van der Waals surface area contributed by atoms with Crippen LogP contribution in [0, 0.1) is 12.7 Å². The van der Waals surface area contributed by atoms with Crippen LogP contribution in [0.3, 0.4) is 0 Å². The number of aryl methyl sites for hydroxylation is 1. The molecule has 0 heterocycles. The number of aliphatic hydroxyl groups is 1. The molecule has 5 nitrogen and oxygen atoms in total. The van der Waals surface area contributed by atoms with E-state index in [2.05, 4.69) is 5.32 Å². The molecule has 1 atom stereocenters. The van der Waals surface area contributed by atoms with Crippen molar-refractivity contribution in [3.05, 3.63) is 35.1 Å². The molecular weight excluding hydrogens is 229 g/mol. The molecule has 0 saturated heterocycles. The van der Waals surface area contributed by atoms with Gasteiger partial charge in [-0.05, 0) is 30.7 Å². The molecule has 0 unspecified atom stereocenters. The number of carbonyl (C=O) groups is 2. The lowest BCUT2D eigenvalue weighted by atomic mass is 10.1. The van der Waals surface area contributed by atoms with Crippen LogP contribution in [-0.2, 0) is 4.79 Å². The van der Waals surface area contributed by atoms with Crippen molar-refractivity contribution in [3.8, 4) is 0 Å². The molecule has 1 aromatic carbocycles. The fourth-order valence-corrected chi connectivity index (χ4v) is 1.25. The number of hydrogen-bond acceptors (Lipinski definition) is 3. The Morgan fingerprint density at radius 3 is 2.65 bits per heavy atom. The largest absolute Gasteiger partial charge is 0.479 e. The molecule has 0 aromatic heterocycles. The molecule has 1 aromatic rings. The molecule has 0 fully saturated rings. The Bertz CT molecular complexity index is 447. The van der Waals surface area contributed by atoms with Crippen LogP contribution in [0.2, 0.25) is 0 Å². The van der Waals surface area contributed by atoms with Crippen LogP contribution < -0.4 is 5.32 Å². The zero-order valence-electron chi connectivity index (χ0n) is 9.11. The number of rotatable bonds is 4. The van der Waals surface area contributed by atoms with Crippen molar-refractivity contribution in [2.24, 2.45) is 0 Å². The minimum Gasteiger partial charge on any atom is -0.479 e. The lowest BCUT2D eigenvalue weighted by Crippen LogP contribution is -2.36. The Morgan fingerprint density at radius 2 is 2.12 bits per heavy atom. The Labute approximate surface area is 96.9 Å². The molecule has 92 valence electrons. The summed E-state index contributed by atoms with van der Waals surface area (Å²) >= 11 is 0. The summed E-state index contributed by atoms with van der Waals surface area (Å²) < 4.78 is 12.8. The first-order chi connectivity index (χ1) is 7.91. The van der Waals surface area contributed by atoms with Crippen LogP contribution in [-0.4, -0.2) is 34.7 Å². The fourth-order valence-electron chi connectivity index (χ4n) is 1.25. The van der Waals surface area contributed by atoms with Crippen LogP contribution in [0.4, 0.5) is 4.39 Å². The van der Waals surface area contributed by atoms with Crippen molar-refractivity contribution < 1.29 is 24.2 Å². The summed E-state index contributed by atoms with van der Waals surface area (Å²) in [5, 5.41) is 19.6. The van der Waals surface area contributed by atoms with Gasteiger partial charge in [-0.2, -0.15) is 0 Å². The fraction of sp³-hybridized carbons (Fsp3) is 0.273. The highest BCUT2D eigenvalue weighted by Gasteiger charge is 2.15. The Balaban J connectivity index is 2.67. The van der Waals surface area contributed by atoms with Gasteiger partial charge in [0.2, 0.25) is 0 Å². The second-order valence-electron chi connectivity index (χ2n) is 3.52. The van der Waals surface area contributed by atoms with Gasteiger partial charge in [-0.15, -0.1) is 0 Å². The molecule has 0 spiro atoms. The van der Waals surface area contributed by atoms with Crippen molar-refractivity contribution in [1.82, 2.24) is 5.32 Å². The predicted molar refractivity (Wildman–Crippen MR) is 57.1 cm³/mol. The van der Waals surface area contributed by atoms with Gasteiger partial charge in [-0.25, -0.2) is 9.18 Å². The van der Waals surface area contributed by atoms with Crippen LogP contribution in [0.15, 0.2) is 18.2 Å². The molecule has 0 saturated carbocycles. The molecule has 1 rings (SSSR count). The van der Waals surface area contributed by atoms with Crippen LogP contribution in [0.5, 0.6) is 0 Å². The van der Waals surface area contributed by atoms with Crippen LogP contribution >= 0.6 is 0 Å². The highest BCUT2D eigenvalue weighted by atomic mass is 19.1. The minimum absolute atomic E-state index is 0.240. The number of carbonyl (C=O) groups excluding carboxylic acids is 1. The number of hydrogen-bond donors (Lipinski definition) is 3. The zero-order chi connectivity index (χ0) is 13.0. The van der Waals surface area contributed by atoms with E-state index in [0.29, 0.717) is 5.56 Å². The van der Waals surface area contributed by atoms with Crippen molar-refractivity contribution in [3.63, 3.8) is 0 Å². The van der Waals surface area contributed by atoms with E-state index in [1.807, 2.05) is 0 Å². The molecule has 17 heavy (non-hydrogen) atoms. The number of aliphatic carboxylic acids is 1. The van der Waals surface area contributed by atoms with E-state index >= 15 is 0 Å². The maximum atomic E-state index is 12.8. The molecule has 1 amide bonds. The van der Waals surface area contributed by atoms with E-state index in [4.69, 9.17) is 10.2 Å². The summed E-state index contributed by atoms with van der Waals surface area (Å²) in [6.07, 6.45) is -1.65. The summed E-state index contributed by atoms with van der Waals surface area (Å²) in [6.45, 7) is 1.16. The lowest BCUT2D eigenvalue weighted by molar-refractivity contribution is -0.146. The van der Waals surface area contributed by atoms with Gasteiger partial charge in [0.15, 0.2) is 6.10 Å². The van der Waals surface area contributed by atoms with Gasteiger partial charge in [-0.1, -0.05) is 0 Å². The smallest absolute Gasteiger partial charge is 0.334 e. The molecular formula is C11H12FNO4. The Morgan fingerprint density at radius 1 is 1.47 bits per heavy atom. The molecule has 3 N–H and O–H groups in total. The monoisotopic (exact) mass is 241 g/mol. The van der Waals surface area contributed by atoms with E-state index in [1.54, 1.807) is 6.92 Å². The zero-order valence-corrected chi connectivity index (χ0v) is 9.11. The second kappa shape index (κ2) is 5.40. The summed E-state index contributed by atoms with van der Waals surface area (Å²) in [5.41, 5.74) is 0.677. The normalized spacial score (nSPS) is 11.9. The van der Waals surface area contributed by atoms with Gasteiger partial charge < -0.3 is 15.5 Å². The summed E-state index contributed by atoms with van der Waals surface area (Å²) in [4.78, 5) is 21.9. The third kappa shape index (κ3) is 3.53. The number of amides is 1. The topological polar surface area (TPSA) is 86.6 Å². The highest BCUT2D eigenvalue weighted by molar-refractivity contribution is 5.95. The first-order valence-electron chi connectivity index (χ1n) is 4.87. The summed E-state index contributed by atoms with van der Waals surface area (Å²) in [5.74, 6) is -2.42. The number of benzene rings is 1. The van der Waals surface area contributed by atoms with Crippen molar-refractivity contribution in [2.75, 3.05) is 6.54 Å². The van der Waals surface area contributed by atoms with Crippen molar-refractivity contribution in [1.29, 1.82) is 0 Å². The molecule has 0 aliphatic heterocycles. The maximum absolute atomic E-state index is 12.8. The standard InChI is InChI=1S/C11H12FNO4/c1-6-4-7(12)2-3-8(6)10(15)13-5-9(14)11(16)17/h2-4,9,14H,5H2,1H3,(H,13,15)(H,16,17)/t9-/m0/s1. The molecule has 0 radical (unpaired) electrons. The maximum Gasteiger partial charge on any atom is 0.334 e. The van der Waals surface area contributed by atoms with Gasteiger partial charge in [0, 0.05) is 5.56 Å². The van der Waals surface area contributed by atoms with Gasteiger partial charge >= 0.3 is 5.97 Å². The van der Waals surface area contributed by atoms with E-state index in [9.17, 15) is 14.0 Å². The van der Waals surface area contributed by atoms with E-state index < -0.39 is 30.3 Å². The van der Waals surface area contributed by atoms with Crippen molar-refractivity contribution >= 4 is 11.9 Å². The number of carboxylic acids is 1. The molecule has 6 heteroatoms. The third-order valence-electron chi connectivity index (χ3n) is 2.17. The molecule has 0 bridgehead atoms. The quantitative estimate of drug-likeness (QED) is 0.708. The van der Waals surface area contributed by atoms with E-state index in [1.165, 1.54) is 12.1 Å². The number of nitrogens with one attached hydrogen (secondary N) is 1. The lowest BCUT2D eigenvalue weighted by Gasteiger charge is -2.09. The first kappa shape index (κ1) is 13.1.